The SMILES string of the molecule is O=C1NC(C(F)F)Cc2ccccc21. The fraction of sp³-hybridized carbons (Fsp3) is 0.300. The van der Waals surface area contributed by atoms with Crippen molar-refractivity contribution in [3.8, 4) is 0 Å². The average Bonchev–Trinajstić information content (AvgIpc) is 2.17. The van der Waals surface area contributed by atoms with E-state index >= 15 is 0 Å². The predicted octanol–water partition coefficient (Wildman–Crippen LogP) is 1.61. The number of alkyl halides is 2. The second kappa shape index (κ2) is 3.36. The first-order valence-electron chi connectivity index (χ1n) is 4.35. The van der Waals surface area contributed by atoms with Crippen LogP contribution in [0.25, 0.3) is 0 Å². The van der Waals surface area contributed by atoms with Gasteiger partial charge in [0.05, 0.1) is 6.04 Å². The zero-order valence-corrected chi connectivity index (χ0v) is 7.34. The molecule has 4 heteroatoms. The van der Waals surface area contributed by atoms with Gasteiger partial charge in [-0.1, -0.05) is 18.2 Å². The molecule has 0 spiro atoms. The minimum Gasteiger partial charge on any atom is -0.343 e. The number of rotatable bonds is 1. The number of carbonyl (C=O) groups is 1. The van der Waals surface area contributed by atoms with Crippen molar-refractivity contribution in [3.05, 3.63) is 35.4 Å². The molecule has 1 aliphatic rings. The minimum absolute atomic E-state index is 0.208. The zero-order chi connectivity index (χ0) is 10.1. The molecule has 1 aromatic rings. The molecule has 1 aromatic carbocycles. The smallest absolute Gasteiger partial charge is 0.258 e. The third kappa shape index (κ3) is 1.47. The summed E-state index contributed by atoms with van der Waals surface area (Å²) in [5.74, 6) is -0.405. The Morgan fingerprint density at radius 3 is 2.79 bits per heavy atom. The monoisotopic (exact) mass is 197 g/mol. The lowest BCUT2D eigenvalue weighted by Crippen LogP contribution is -2.45. The van der Waals surface area contributed by atoms with Gasteiger partial charge < -0.3 is 5.32 Å². The van der Waals surface area contributed by atoms with E-state index in [1.807, 2.05) is 0 Å². The van der Waals surface area contributed by atoms with Gasteiger partial charge in [-0.3, -0.25) is 4.79 Å². The molecular formula is C10H9F2NO. The maximum absolute atomic E-state index is 12.4. The first-order valence-corrected chi connectivity index (χ1v) is 4.35. The summed E-state index contributed by atoms with van der Waals surface area (Å²) < 4.78 is 24.7. The Kier molecular flexibility index (Phi) is 2.19. The molecule has 1 heterocycles. The second-order valence-corrected chi connectivity index (χ2v) is 3.28. The van der Waals surface area contributed by atoms with Crippen molar-refractivity contribution < 1.29 is 13.6 Å². The van der Waals surface area contributed by atoms with E-state index in [-0.39, 0.29) is 6.42 Å². The molecule has 1 amide bonds. The molecule has 2 rings (SSSR count). The zero-order valence-electron chi connectivity index (χ0n) is 7.34. The lowest BCUT2D eigenvalue weighted by molar-refractivity contribution is 0.0715. The molecular weight excluding hydrogens is 188 g/mol. The van der Waals surface area contributed by atoms with Crippen molar-refractivity contribution in [2.45, 2.75) is 18.9 Å². The highest BCUT2D eigenvalue weighted by atomic mass is 19.3. The molecule has 1 aliphatic heterocycles. The first kappa shape index (κ1) is 9.12. The van der Waals surface area contributed by atoms with Crippen molar-refractivity contribution in [1.82, 2.24) is 5.32 Å². The van der Waals surface area contributed by atoms with E-state index in [4.69, 9.17) is 0 Å². The molecule has 0 fully saturated rings. The summed E-state index contributed by atoms with van der Waals surface area (Å²) in [6.07, 6.45) is -2.30. The van der Waals surface area contributed by atoms with E-state index in [0.717, 1.165) is 0 Å². The lowest BCUT2D eigenvalue weighted by Gasteiger charge is -2.24. The molecule has 14 heavy (non-hydrogen) atoms. The lowest BCUT2D eigenvalue weighted by atomic mass is 9.95. The van der Waals surface area contributed by atoms with Gasteiger partial charge in [-0.2, -0.15) is 0 Å². The van der Waals surface area contributed by atoms with Gasteiger partial charge >= 0.3 is 0 Å². The standard InChI is InChI=1S/C10H9F2NO/c11-9(12)8-5-6-3-1-2-4-7(6)10(14)13-8/h1-4,8-9H,5H2,(H,13,14). The van der Waals surface area contributed by atoms with Crippen molar-refractivity contribution in [3.63, 3.8) is 0 Å². The van der Waals surface area contributed by atoms with Crippen molar-refractivity contribution in [2.24, 2.45) is 0 Å². The molecule has 0 bridgehead atoms. The van der Waals surface area contributed by atoms with Gasteiger partial charge in [0.25, 0.3) is 12.3 Å². The topological polar surface area (TPSA) is 29.1 Å². The highest BCUT2D eigenvalue weighted by Crippen LogP contribution is 2.19. The van der Waals surface area contributed by atoms with Gasteiger partial charge in [0, 0.05) is 5.56 Å². The molecule has 0 aromatic heterocycles. The van der Waals surface area contributed by atoms with Crippen molar-refractivity contribution in [2.75, 3.05) is 0 Å². The summed E-state index contributed by atoms with van der Waals surface area (Å²) >= 11 is 0. The van der Waals surface area contributed by atoms with Crippen molar-refractivity contribution >= 4 is 5.91 Å². The average molecular weight is 197 g/mol. The van der Waals surface area contributed by atoms with E-state index in [1.165, 1.54) is 0 Å². The number of hydrogen-bond donors (Lipinski definition) is 1. The number of benzene rings is 1. The maximum Gasteiger partial charge on any atom is 0.258 e. The largest absolute Gasteiger partial charge is 0.343 e. The fourth-order valence-corrected chi connectivity index (χ4v) is 1.61. The fourth-order valence-electron chi connectivity index (χ4n) is 1.61. The molecule has 74 valence electrons. The van der Waals surface area contributed by atoms with Crippen LogP contribution in [0.15, 0.2) is 24.3 Å². The van der Waals surface area contributed by atoms with Gasteiger partial charge in [0.1, 0.15) is 0 Å². The van der Waals surface area contributed by atoms with E-state index in [9.17, 15) is 13.6 Å². The molecule has 1 unspecified atom stereocenters. The van der Waals surface area contributed by atoms with Gasteiger partial charge in [-0.15, -0.1) is 0 Å². The molecule has 1 N–H and O–H groups in total. The first-order chi connectivity index (χ1) is 6.68. The summed E-state index contributed by atoms with van der Waals surface area (Å²) in [5.41, 5.74) is 1.20. The summed E-state index contributed by atoms with van der Waals surface area (Å²) in [4.78, 5) is 11.4. The number of nitrogens with one attached hydrogen (secondary N) is 1. The third-order valence-corrected chi connectivity index (χ3v) is 2.32. The maximum atomic E-state index is 12.4. The normalized spacial score (nSPS) is 20.5. The molecule has 0 aliphatic carbocycles. The van der Waals surface area contributed by atoms with Crippen LogP contribution in [0.3, 0.4) is 0 Å². The second-order valence-electron chi connectivity index (χ2n) is 3.28. The summed E-state index contributed by atoms with van der Waals surface area (Å²) in [5, 5.41) is 2.28. The number of hydrogen-bond acceptors (Lipinski definition) is 1. The number of fused-ring (bicyclic) bond motifs is 1. The van der Waals surface area contributed by atoms with Crippen LogP contribution >= 0.6 is 0 Å². The van der Waals surface area contributed by atoms with Crippen LogP contribution in [0.5, 0.6) is 0 Å². The summed E-state index contributed by atoms with van der Waals surface area (Å²) in [6.45, 7) is 0. The Morgan fingerprint density at radius 2 is 2.07 bits per heavy atom. The highest BCUT2D eigenvalue weighted by molar-refractivity contribution is 5.97. The third-order valence-electron chi connectivity index (χ3n) is 2.32. The van der Waals surface area contributed by atoms with Gasteiger partial charge in [0.2, 0.25) is 0 Å². The van der Waals surface area contributed by atoms with Crippen LogP contribution in [0.2, 0.25) is 0 Å². The quantitative estimate of drug-likeness (QED) is 0.728. The summed E-state index contributed by atoms with van der Waals surface area (Å²) in [7, 11) is 0. The Hall–Kier alpha value is -1.45. The highest BCUT2D eigenvalue weighted by Gasteiger charge is 2.29. The van der Waals surface area contributed by atoms with Crippen LogP contribution in [0, 0.1) is 0 Å². The summed E-state index contributed by atoms with van der Waals surface area (Å²) in [6, 6.07) is 5.79. The Morgan fingerprint density at radius 1 is 1.36 bits per heavy atom. The van der Waals surface area contributed by atoms with Crippen LogP contribution in [-0.4, -0.2) is 18.4 Å². The van der Waals surface area contributed by atoms with Crippen LogP contribution in [-0.2, 0) is 6.42 Å². The molecule has 1 atom stereocenters. The number of halogens is 2. The molecule has 0 radical (unpaired) electrons. The molecule has 2 nitrogen and oxygen atoms in total. The van der Waals surface area contributed by atoms with Crippen LogP contribution < -0.4 is 5.32 Å². The van der Waals surface area contributed by atoms with Gasteiger partial charge in [0.15, 0.2) is 0 Å². The molecule has 0 saturated heterocycles. The van der Waals surface area contributed by atoms with Gasteiger partial charge in [-0.25, -0.2) is 8.78 Å². The van der Waals surface area contributed by atoms with E-state index < -0.39 is 18.4 Å². The van der Waals surface area contributed by atoms with Gasteiger partial charge in [-0.05, 0) is 18.1 Å². The van der Waals surface area contributed by atoms with Crippen LogP contribution in [0.1, 0.15) is 15.9 Å². The Bertz CT molecular complexity index is 365. The van der Waals surface area contributed by atoms with E-state index in [0.29, 0.717) is 11.1 Å². The van der Waals surface area contributed by atoms with E-state index in [2.05, 4.69) is 5.32 Å². The predicted molar refractivity (Wildman–Crippen MR) is 47.4 cm³/mol. The number of carbonyl (C=O) groups excluding carboxylic acids is 1. The molecule has 0 saturated carbocycles. The number of amides is 1. The Balaban J connectivity index is 2.33. The van der Waals surface area contributed by atoms with E-state index in [1.54, 1.807) is 24.3 Å². The van der Waals surface area contributed by atoms with Crippen LogP contribution in [0.4, 0.5) is 8.78 Å². The van der Waals surface area contributed by atoms with Crippen molar-refractivity contribution in [1.29, 1.82) is 0 Å². The Labute approximate surface area is 79.9 Å². The minimum atomic E-state index is -2.51.